The van der Waals surface area contributed by atoms with Gasteiger partial charge in [-0.2, -0.15) is 13.2 Å². The topological polar surface area (TPSA) is 59.2 Å². The van der Waals surface area contributed by atoms with E-state index in [9.17, 15) is 18.0 Å². The molecule has 1 aromatic rings. The predicted molar refractivity (Wildman–Crippen MR) is 74.3 cm³/mol. The normalized spacial score (nSPS) is 11.9. The molecule has 1 heterocycles. The lowest BCUT2D eigenvalue weighted by molar-refractivity contribution is -0.137. The SMILES string of the molecule is CC(CN)N(C)C(=O)c1ccc(C(F)(F)F)cn1.Cl.Cl. The van der Waals surface area contributed by atoms with E-state index in [1.54, 1.807) is 6.92 Å². The van der Waals surface area contributed by atoms with Crippen molar-refractivity contribution in [1.82, 2.24) is 9.88 Å². The van der Waals surface area contributed by atoms with Crippen molar-refractivity contribution in [3.8, 4) is 0 Å². The van der Waals surface area contributed by atoms with Crippen LogP contribution >= 0.6 is 24.8 Å². The van der Waals surface area contributed by atoms with Gasteiger partial charge >= 0.3 is 6.18 Å². The van der Waals surface area contributed by atoms with Crippen LogP contribution in [0.3, 0.4) is 0 Å². The van der Waals surface area contributed by atoms with Gasteiger partial charge in [0.05, 0.1) is 5.56 Å². The summed E-state index contributed by atoms with van der Waals surface area (Å²) in [6.45, 7) is 2.00. The van der Waals surface area contributed by atoms with Gasteiger partial charge in [-0.15, -0.1) is 24.8 Å². The molecule has 0 spiro atoms. The zero-order valence-electron chi connectivity index (χ0n) is 10.8. The van der Waals surface area contributed by atoms with Crippen LogP contribution in [-0.4, -0.2) is 35.4 Å². The molecule has 116 valence electrons. The van der Waals surface area contributed by atoms with Crippen LogP contribution in [0.2, 0.25) is 0 Å². The molecule has 0 aromatic carbocycles. The highest BCUT2D eigenvalue weighted by Crippen LogP contribution is 2.28. The molecule has 9 heteroatoms. The van der Waals surface area contributed by atoms with Crippen LogP contribution in [0.4, 0.5) is 13.2 Å². The minimum absolute atomic E-state index is 0. The smallest absolute Gasteiger partial charge is 0.336 e. The lowest BCUT2D eigenvalue weighted by atomic mass is 10.2. The minimum Gasteiger partial charge on any atom is -0.336 e. The molecule has 0 aliphatic heterocycles. The number of carbonyl (C=O) groups excluding carboxylic acids is 1. The van der Waals surface area contributed by atoms with E-state index in [4.69, 9.17) is 5.73 Å². The highest BCUT2D eigenvalue weighted by molar-refractivity contribution is 5.92. The van der Waals surface area contributed by atoms with Gasteiger partial charge in [-0.1, -0.05) is 0 Å². The fourth-order valence-corrected chi connectivity index (χ4v) is 1.23. The Morgan fingerprint density at radius 2 is 1.95 bits per heavy atom. The number of aromatic nitrogens is 1. The standard InChI is InChI=1S/C11H14F3N3O.2ClH/c1-7(5-15)17(2)10(18)9-4-3-8(6-16-9)11(12,13)14;;/h3-4,6-7H,5,15H2,1-2H3;2*1H. The number of nitrogens with zero attached hydrogens (tertiary/aromatic N) is 2. The molecular formula is C11H16Cl2F3N3O. The number of rotatable bonds is 3. The number of pyridine rings is 1. The molecule has 2 N–H and O–H groups in total. The van der Waals surface area contributed by atoms with Crippen LogP contribution < -0.4 is 5.73 Å². The van der Waals surface area contributed by atoms with E-state index in [-0.39, 0.29) is 43.1 Å². The summed E-state index contributed by atoms with van der Waals surface area (Å²) in [4.78, 5) is 16.7. The molecule has 1 amide bonds. The highest BCUT2D eigenvalue weighted by atomic mass is 35.5. The predicted octanol–water partition coefficient (Wildman–Crippen LogP) is 2.36. The van der Waals surface area contributed by atoms with Crippen LogP contribution in [-0.2, 0) is 6.18 Å². The number of hydrogen-bond donors (Lipinski definition) is 1. The van der Waals surface area contributed by atoms with Gasteiger partial charge in [0.1, 0.15) is 5.69 Å². The molecule has 1 unspecified atom stereocenters. The van der Waals surface area contributed by atoms with Crippen molar-refractivity contribution in [1.29, 1.82) is 0 Å². The molecule has 0 saturated carbocycles. The summed E-state index contributed by atoms with van der Waals surface area (Å²) >= 11 is 0. The summed E-state index contributed by atoms with van der Waals surface area (Å²) in [7, 11) is 1.53. The first-order valence-corrected chi connectivity index (χ1v) is 5.28. The van der Waals surface area contributed by atoms with Crippen molar-refractivity contribution in [3.63, 3.8) is 0 Å². The van der Waals surface area contributed by atoms with Gasteiger partial charge in [0, 0.05) is 25.8 Å². The maximum Gasteiger partial charge on any atom is 0.417 e. The Balaban J connectivity index is 0. The Hall–Kier alpha value is -1.05. The number of halogens is 5. The van der Waals surface area contributed by atoms with Crippen LogP contribution in [0.1, 0.15) is 23.0 Å². The van der Waals surface area contributed by atoms with Gasteiger partial charge in [-0.3, -0.25) is 9.78 Å². The Bertz CT molecular complexity index is 426. The molecule has 1 atom stereocenters. The van der Waals surface area contributed by atoms with E-state index in [2.05, 4.69) is 4.98 Å². The quantitative estimate of drug-likeness (QED) is 0.923. The summed E-state index contributed by atoms with van der Waals surface area (Å²) < 4.78 is 36.9. The molecule has 1 aromatic heterocycles. The van der Waals surface area contributed by atoms with Gasteiger partial charge in [-0.25, -0.2) is 0 Å². The maximum absolute atomic E-state index is 12.3. The summed E-state index contributed by atoms with van der Waals surface area (Å²) in [5.41, 5.74) is 4.49. The molecule has 1 rings (SSSR count). The molecule has 0 bridgehead atoms. The van der Waals surface area contributed by atoms with Crippen LogP contribution in [0.5, 0.6) is 0 Å². The first-order chi connectivity index (χ1) is 8.27. The van der Waals surface area contributed by atoms with Gasteiger partial charge in [-0.05, 0) is 19.1 Å². The Morgan fingerprint density at radius 3 is 2.30 bits per heavy atom. The second-order valence-corrected chi connectivity index (χ2v) is 3.93. The Labute approximate surface area is 127 Å². The number of nitrogens with two attached hydrogens (primary N) is 1. The van der Waals surface area contributed by atoms with Gasteiger partial charge < -0.3 is 10.6 Å². The lowest BCUT2D eigenvalue weighted by Gasteiger charge is -2.23. The van der Waals surface area contributed by atoms with Crippen molar-refractivity contribution < 1.29 is 18.0 Å². The monoisotopic (exact) mass is 333 g/mol. The Kier molecular flexibility index (Phi) is 8.80. The number of likely N-dealkylation sites (N-methyl/N-ethyl adjacent to an activating group) is 1. The second-order valence-electron chi connectivity index (χ2n) is 3.93. The fourth-order valence-electron chi connectivity index (χ4n) is 1.23. The van der Waals surface area contributed by atoms with Crippen LogP contribution in [0.15, 0.2) is 18.3 Å². The number of alkyl halides is 3. The highest BCUT2D eigenvalue weighted by Gasteiger charge is 2.31. The van der Waals surface area contributed by atoms with Crippen molar-refractivity contribution in [3.05, 3.63) is 29.6 Å². The van der Waals surface area contributed by atoms with Crippen LogP contribution in [0, 0.1) is 0 Å². The molecule has 0 fully saturated rings. The maximum atomic E-state index is 12.3. The largest absolute Gasteiger partial charge is 0.417 e. The molecule has 0 saturated heterocycles. The first-order valence-electron chi connectivity index (χ1n) is 5.28. The first kappa shape index (κ1) is 21.3. The van der Waals surface area contributed by atoms with Crippen molar-refractivity contribution in [2.24, 2.45) is 5.73 Å². The fraction of sp³-hybridized carbons (Fsp3) is 0.455. The number of hydrogen-bond acceptors (Lipinski definition) is 3. The van der Waals surface area contributed by atoms with Crippen molar-refractivity contribution in [2.45, 2.75) is 19.1 Å². The molecular weight excluding hydrogens is 318 g/mol. The molecule has 0 radical (unpaired) electrons. The second kappa shape index (κ2) is 8.28. The third kappa shape index (κ3) is 5.15. The number of carbonyl (C=O) groups is 1. The molecule has 0 aliphatic carbocycles. The molecule has 0 aliphatic rings. The van der Waals surface area contributed by atoms with E-state index >= 15 is 0 Å². The third-order valence-electron chi connectivity index (χ3n) is 2.63. The van der Waals surface area contributed by atoms with Gasteiger partial charge in [0.2, 0.25) is 0 Å². The van der Waals surface area contributed by atoms with Crippen LogP contribution in [0.25, 0.3) is 0 Å². The zero-order valence-corrected chi connectivity index (χ0v) is 12.5. The van der Waals surface area contributed by atoms with E-state index in [0.717, 1.165) is 12.1 Å². The average molecular weight is 334 g/mol. The third-order valence-corrected chi connectivity index (χ3v) is 2.63. The summed E-state index contributed by atoms with van der Waals surface area (Å²) in [5, 5.41) is 0. The summed E-state index contributed by atoms with van der Waals surface area (Å²) in [6.07, 6.45) is -3.81. The van der Waals surface area contributed by atoms with Crippen molar-refractivity contribution in [2.75, 3.05) is 13.6 Å². The average Bonchev–Trinajstić information content (AvgIpc) is 2.35. The van der Waals surface area contributed by atoms with E-state index in [0.29, 0.717) is 6.20 Å². The van der Waals surface area contributed by atoms with E-state index in [1.165, 1.54) is 11.9 Å². The zero-order chi connectivity index (χ0) is 13.9. The summed E-state index contributed by atoms with van der Waals surface area (Å²) in [6, 6.07) is 1.69. The molecule has 20 heavy (non-hydrogen) atoms. The summed E-state index contributed by atoms with van der Waals surface area (Å²) in [5.74, 6) is -0.457. The minimum atomic E-state index is -4.45. The van der Waals surface area contributed by atoms with E-state index < -0.39 is 17.6 Å². The van der Waals surface area contributed by atoms with E-state index in [1.807, 2.05) is 0 Å². The lowest BCUT2D eigenvalue weighted by Crippen LogP contribution is -2.40. The van der Waals surface area contributed by atoms with Crippen molar-refractivity contribution >= 4 is 30.7 Å². The van der Waals surface area contributed by atoms with Gasteiger partial charge in [0.15, 0.2) is 0 Å². The Morgan fingerprint density at radius 1 is 1.40 bits per heavy atom. The number of amides is 1. The van der Waals surface area contributed by atoms with Gasteiger partial charge in [0.25, 0.3) is 5.91 Å². The molecule has 4 nitrogen and oxygen atoms in total.